The van der Waals surface area contributed by atoms with Crippen molar-refractivity contribution in [1.29, 1.82) is 0 Å². The van der Waals surface area contributed by atoms with Gasteiger partial charge in [0.05, 0.1) is 0 Å². The largest absolute Gasteiger partial charge is 1.00 e. The third-order valence-electron chi connectivity index (χ3n) is 1.50. The van der Waals surface area contributed by atoms with Crippen LogP contribution < -0.4 is 34.9 Å². The first-order valence-corrected chi connectivity index (χ1v) is 6.60. The molecule has 1 aromatic heterocycles. The molecule has 0 aromatic carbocycles. The van der Waals surface area contributed by atoms with Gasteiger partial charge in [-0.2, -0.15) is 0 Å². The summed E-state index contributed by atoms with van der Waals surface area (Å²) in [6.07, 6.45) is 1.57. The number of aromatic nitrogens is 1. The molecule has 0 spiro atoms. The van der Waals surface area contributed by atoms with E-state index in [1.807, 2.05) is 6.92 Å². The predicted molar refractivity (Wildman–Crippen MR) is 60.8 cm³/mol. The second-order valence-corrected chi connectivity index (χ2v) is 4.89. The van der Waals surface area contributed by atoms with Crippen LogP contribution in [0.4, 0.5) is 5.82 Å². The fraction of sp³-hybridized carbons (Fsp3) is 0.250. The Hall–Kier alpha value is -0.160. The van der Waals surface area contributed by atoms with E-state index in [2.05, 4.69) is 13.9 Å². The van der Waals surface area contributed by atoms with Gasteiger partial charge in [0.2, 0.25) is 16.3 Å². The molecule has 0 atom stereocenters. The van der Waals surface area contributed by atoms with Crippen LogP contribution >= 0.6 is 12.0 Å². The fourth-order valence-corrected chi connectivity index (χ4v) is 1.70. The number of anilines is 1. The predicted octanol–water partition coefficient (Wildman–Crippen LogP) is -2.54. The number of nitrogens with zero attached hydrogens (tertiary/aromatic N) is 1. The molecule has 0 bridgehead atoms. The van der Waals surface area contributed by atoms with Crippen molar-refractivity contribution in [3.63, 3.8) is 0 Å². The van der Waals surface area contributed by atoms with Crippen LogP contribution in [0.2, 0.25) is 0 Å². The van der Waals surface area contributed by atoms with Gasteiger partial charge in [-0.3, -0.25) is 4.79 Å². The SMILES string of the molecule is Cc1ccc(NC(=O)CSOS(=O)(=O)[O-])nc1.[Na+]. The monoisotopic (exact) mass is 300 g/mol. The molecule has 94 valence electrons. The molecular formula is C8H9N2NaO5S2. The Morgan fingerprint density at radius 3 is 2.72 bits per heavy atom. The molecule has 0 radical (unpaired) electrons. The van der Waals surface area contributed by atoms with Gasteiger partial charge in [-0.15, -0.1) is 0 Å². The Bertz CT molecular complexity index is 491. The maximum atomic E-state index is 11.2. The van der Waals surface area contributed by atoms with E-state index in [1.165, 1.54) is 0 Å². The molecule has 0 saturated carbocycles. The maximum Gasteiger partial charge on any atom is 1.00 e. The molecule has 0 unspecified atom stereocenters. The van der Waals surface area contributed by atoms with Crippen molar-refractivity contribution in [2.45, 2.75) is 6.92 Å². The summed E-state index contributed by atoms with van der Waals surface area (Å²) in [4.78, 5) is 15.1. The second-order valence-electron chi connectivity index (χ2n) is 3.01. The van der Waals surface area contributed by atoms with E-state index in [-0.39, 0.29) is 47.4 Å². The van der Waals surface area contributed by atoms with Crippen LogP contribution in [0.15, 0.2) is 18.3 Å². The van der Waals surface area contributed by atoms with Gasteiger partial charge in [-0.25, -0.2) is 17.0 Å². The van der Waals surface area contributed by atoms with Gasteiger partial charge in [0, 0.05) is 18.2 Å². The molecule has 7 nitrogen and oxygen atoms in total. The normalized spacial score (nSPS) is 10.6. The first kappa shape index (κ1) is 17.8. The second kappa shape index (κ2) is 8.10. The third kappa shape index (κ3) is 8.03. The zero-order valence-electron chi connectivity index (χ0n) is 9.74. The molecule has 1 amide bonds. The van der Waals surface area contributed by atoms with Gasteiger partial charge in [-0.1, -0.05) is 6.07 Å². The zero-order chi connectivity index (χ0) is 12.9. The van der Waals surface area contributed by atoms with Crippen LogP contribution in [0, 0.1) is 6.92 Å². The summed E-state index contributed by atoms with van der Waals surface area (Å²) in [5.74, 6) is -0.502. The Kier molecular flexibility index (Phi) is 8.03. The molecular weight excluding hydrogens is 291 g/mol. The number of amides is 1. The minimum absolute atomic E-state index is 0. The number of hydrogen-bond acceptors (Lipinski definition) is 7. The van der Waals surface area contributed by atoms with Crippen LogP contribution in [0.25, 0.3) is 0 Å². The minimum atomic E-state index is -4.78. The topological polar surface area (TPSA) is 108 Å². The quantitative estimate of drug-likeness (QED) is 0.276. The Morgan fingerprint density at radius 2 is 2.22 bits per heavy atom. The van der Waals surface area contributed by atoms with Crippen molar-refractivity contribution in [2.75, 3.05) is 11.1 Å². The van der Waals surface area contributed by atoms with Crippen LogP contribution in [-0.4, -0.2) is 29.6 Å². The van der Waals surface area contributed by atoms with Crippen molar-refractivity contribution in [3.05, 3.63) is 23.9 Å². The number of carbonyl (C=O) groups is 1. The van der Waals surface area contributed by atoms with E-state index in [0.717, 1.165) is 5.56 Å². The first-order chi connectivity index (χ1) is 7.87. The standard InChI is InChI=1S/C8H10N2O5S2.Na/c1-6-2-3-7(9-4-6)10-8(11)5-16-15-17(12,13)14;/h2-4H,5H2,1H3,(H,9,10,11)(H,12,13,14);/q;+1/p-1. The molecule has 0 aliphatic carbocycles. The van der Waals surface area contributed by atoms with Crippen LogP contribution in [0.1, 0.15) is 5.56 Å². The molecule has 10 heteroatoms. The van der Waals surface area contributed by atoms with Crippen molar-refractivity contribution in [1.82, 2.24) is 4.98 Å². The van der Waals surface area contributed by atoms with E-state index >= 15 is 0 Å². The molecule has 0 aliphatic heterocycles. The number of pyridine rings is 1. The molecule has 1 N–H and O–H groups in total. The zero-order valence-corrected chi connectivity index (χ0v) is 13.4. The molecule has 0 saturated heterocycles. The maximum absolute atomic E-state index is 11.2. The molecule has 18 heavy (non-hydrogen) atoms. The first-order valence-electron chi connectivity index (χ1n) is 4.36. The van der Waals surface area contributed by atoms with E-state index in [1.54, 1.807) is 18.3 Å². The Labute approximate surface area is 131 Å². The average molecular weight is 300 g/mol. The summed E-state index contributed by atoms with van der Waals surface area (Å²) in [6.45, 7) is 1.85. The molecule has 1 heterocycles. The number of nitrogens with one attached hydrogen (secondary N) is 1. The summed E-state index contributed by atoms with van der Waals surface area (Å²) in [5.41, 5.74) is 0.943. The summed E-state index contributed by atoms with van der Waals surface area (Å²) < 4.78 is 34.0. The average Bonchev–Trinajstić information content (AvgIpc) is 2.19. The van der Waals surface area contributed by atoms with Gasteiger partial charge in [0.15, 0.2) is 0 Å². The summed E-state index contributed by atoms with van der Waals surface area (Å²) in [6, 6.07) is 3.36. The summed E-state index contributed by atoms with van der Waals surface area (Å²) >= 11 is 0.250. The van der Waals surface area contributed by atoms with Gasteiger partial charge in [0.25, 0.3) is 0 Å². The van der Waals surface area contributed by atoms with Crippen molar-refractivity contribution in [3.8, 4) is 0 Å². The van der Waals surface area contributed by atoms with Gasteiger partial charge < -0.3 is 9.87 Å². The smallest absolute Gasteiger partial charge is 0.725 e. The number of aryl methyl sites for hydroxylation is 1. The molecule has 1 aromatic rings. The van der Waals surface area contributed by atoms with Crippen LogP contribution in [0.5, 0.6) is 0 Å². The Balaban J connectivity index is 0.00000289. The molecule has 0 fully saturated rings. The fourth-order valence-electron chi connectivity index (χ4n) is 0.857. The Morgan fingerprint density at radius 1 is 1.56 bits per heavy atom. The minimum Gasteiger partial charge on any atom is -0.725 e. The summed E-state index contributed by atoms with van der Waals surface area (Å²) in [5, 5.41) is 2.41. The van der Waals surface area contributed by atoms with Crippen molar-refractivity contribution >= 4 is 34.2 Å². The van der Waals surface area contributed by atoms with Gasteiger partial charge in [-0.05, 0) is 18.6 Å². The van der Waals surface area contributed by atoms with E-state index in [9.17, 15) is 17.8 Å². The van der Waals surface area contributed by atoms with Crippen molar-refractivity contribution in [2.24, 2.45) is 0 Å². The number of rotatable bonds is 5. The van der Waals surface area contributed by atoms with Gasteiger partial charge >= 0.3 is 29.6 Å². The molecule has 0 aliphatic rings. The van der Waals surface area contributed by atoms with Crippen LogP contribution in [0.3, 0.4) is 0 Å². The van der Waals surface area contributed by atoms with Crippen LogP contribution in [-0.2, 0) is 18.8 Å². The van der Waals surface area contributed by atoms with E-state index in [0.29, 0.717) is 5.82 Å². The van der Waals surface area contributed by atoms with E-state index in [4.69, 9.17) is 0 Å². The summed E-state index contributed by atoms with van der Waals surface area (Å²) in [7, 11) is -4.78. The number of carbonyl (C=O) groups excluding carboxylic acids is 1. The number of hydrogen-bond donors (Lipinski definition) is 1. The van der Waals surface area contributed by atoms with Gasteiger partial charge in [0.1, 0.15) is 11.6 Å². The molecule has 1 rings (SSSR count). The van der Waals surface area contributed by atoms with E-state index < -0.39 is 16.3 Å². The third-order valence-corrected chi connectivity index (χ3v) is 2.93. The van der Waals surface area contributed by atoms with Crippen molar-refractivity contribution < 1.29 is 51.0 Å².